The van der Waals surface area contributed by atoms with Crippen molar-refractivity contribution >= 4 is 16.7 Å². The fourth-order valence-electron chi connectivity index (χ4n) is 3.55. The van der Waals surface area contributed by atoms with Gasteiger partial charge in [-0.15, -0.1) is 0 Å². The van der Waals surface area contributed by atoms with Gasteiger partial charge in [-0.2, -0.15) is 5.10 Å². The van der Waals surface area contributed by atoms with Crippen molar-refractivity contribution < 1.29 is 4.74 Å². The molecule has 1 aliphatic heterocycles. The Kier molecular flexibility index (Phi) is 5.16. The highest BCUT2D eigenvalue weighted by atomic mass is 16.5. The number of anilines is 1. The van der Waals surface area contributed by atoms with Gasteiger partial charge in [-0.25, -0.2) is 4.98 Å². The van der Waals surface area contributed by atoms with Crippen molar-refractivity contribution in [1.29, 1.82) is 0 Å². The maximum atomic E-state index is 5.58. The third-order valence-corrected chi connectivity index (χ3v) is 5.16. The molecule has 1 fully saturated rings. The van der Waals surface area contributed by atoms with E-state index in [1.165, 1.54) is 18.5 Å². The number of fused-ring (bicyclic) bond motifs is 1. The zero-order valence-electron chi connectivity index (χ0n) is 14.5. The van der Waals surface area contributed by atoms with Gasteiger partial charge in [0.25, 0.3) is 0 Å². The second-order valence-corrected chi connectivity index (χ2v) is 6.51. The minimum atomic E-state index is 0.551. The first kappa shape index (κ1) is 16.2. The summed E-state index contributed by atoms with van der Waals surface area (Å²) < 4.78 is 7.44. The van der Waals surface area contributed by atoms with E-state index >= 15 is 0 Å². The standard InChI is InChI=1S/C18H28N4O/c1-4-14(5-2)13-22(15-7-10-23-11-8-15)17-6-9-19-18-16(17)12-20-21(18)3/h6,9,12,14-15H,4-5,7-8,10-11,13H2,1-3H3. The molecule has 5 nitrogen and oxygen atoms in total. The fourth-order valence-corrected chi connectivity index (χ4v) is 3.55. The normalized spacial score (nSPS) is 16.3. The monoisotopic (exact) mass is 316 g/mol. The average molecular weight is 316 g/mol. The number of rotatable bonds is 6. The molecule has 0 aromatic carbocycles. The van der Waals surface area contributed by atoms with E-state index in [4.69, 9.17) is 4.74 Å². The molecule has 3 rings (SSSR count). The Morgan fingerprint density at radius 3 is 2.74 bits per heavy atom. The Morgan fingerprint density at radius 1 is 1.30 bits per heavy atom. The largest absolute Gasteiger partial charge is 0.381 e. The predicted molar refractivity (Wildman–Crippen MR) is 93.8 cm³/mol. The molecule has 126 valence electrons. The van der Waals surface area contributed by atoms with E-state index in [1.54, 1.807) is 0 Å². The minimum Gasteiger partial charge on any atom is -0.381 e. The predicted octanol–water partition coefficient (Wildman–Crippen LogP) is 3.39. The summed E-state index contributed by atoms with van der Waals surface area (Å²) in [7, 11) is 1.96. The van der Waals surface area contributed by atoms with Gasteiger partial charge in [0.15, 0.2) is 5.65 Å². The molecule has 0 unspecified atom stereocenters. The van der Waals surface area contributed by atoms with Crippen LogP contribution in [-0.4, -0.2) is 40.6 Å². The van der Waals surface area contributed by atoms with Crippen LogP contribution in [0.15, 0.2) is 18.5 Å². The van der Waals surface area contributed by atoms with E-state index in [-0.39, 0.29) is 0 Å². The molecular formula is C18H28N4O. The number of pyridine rings is 1. The Labute approximate surface area is 138 Å². The molecule has 0 aliphatic carbocycles. The van der Waals surface area contributed by atoms with E-state index in [1.807, 2.05) is 24.1 Å². The molecule has 1 aliphatic rings. The van der Waals surface area contributed by atoms with Crippen LogP contribution < -0.4 is 4.90 Å². The van der Waals surface area contributed by atoms with Gasteiger partial charge >= 0.3 is 0 Å². The molecule has 23 heavy (non-hydrogen) atoms. The molecule has 3 heterocycles. The van der Waals surface area contributed by atoms with E-state index in [0.29, 0.717) is 6.04 Å². The SMILES string of the molecule is CCC(CC)CN(c1ccnc2c1cnn2C)C1CCOCC1. The smallest absolute Gasteiger partial charge is 0.159 e. The zero-order chi connectivity index (χ0) is 16.2. The average Bonchev–Trinajstić information content (AvgIpc) is 2.99. The molecule has 0 amide bonds. The molecule has 0 radical (unpaired) electrons. The topological polar surface area (TPSA) is 43.2 Å². The van der Waals surface area contributed by atoms with Crippen LogP contribution in [0, 0.1) is 5.92 Å². The number of hydrogen-bond acceptors (Lipinski definition) is 4. The first-order valence-corrected chi connectivity index (χ1v) is 8.85. The minimum absolute atomic E-state index is 0.551. The third kappa shape index (κ3) is 3.34. The molecule has 0 spiro atoms. The summed E-state index contributed by atoms with van der Waals surface area (Å²) in [6.07, 6.45) is 8.51. The maximum Gasteiger partial charge on any atom is 0.159 e. The van der Waals surface area contributed by atoms with E-state index in [2.05, 4.69) is 34.9 Å². The van der Waals surface area contributed by atoms with Crippen molar-refractivity contribution in [2.24, 2.45) is 13.0 Å². The summed E-state index contributed by atoms with van der Waals surface area (Å²) >= 11 is 0. The Balaban J connectivity index is 1.98. The van der Waals surface area contributed by atoms with Crippen molar-refractivity contribution in [2.75, 3.05) is 24.7 Å². The first-order chi connectivity index (χ1) is 11.2. The molecule has 2 aromatic heterocycles. The van der Waals surface area contributed by atoms with Gasteiger partial charge in [-0.3, -0.25) is 4.68 Å². The lowest BCUT2D eigenvalue weighted by Crippen LogP contribution is -2.42. The summed E-state index contributed by atoms with van der Waals surface area (Å²) in [6, 6.07) is 2.71. The van der Waals surface area contributed by atoms with E-state index in [9.17, 15) is 0 Å². The van der Waals surface area contributed by atoms with Crippen molar-refractivity contribution in [3.05, 3.63) is 18.5 Å². The summed E-state index contributed by atoms with van der Waals surface area (Å²) in [5, 5.41) is 5.57. The zero-order valence-corrected chi connectivity index (χ0v) is 14.5. The molecular weight excluding hydrogens is 288 g/mol. The second kappa shape index (κ2) is 7.30. The van der Waals surface area contributed by atoms with E-state index < -0.39 is 0 Å². The molecule has 2 aromatic rings. The highest BCUT2D eigenvalue weighted by molar-refractivity contribution is 5.89. The second-order valence-electron chi connectivity index (χ2n) is 6.51. The van der Waals surface area contributed by atoms with Gasteiger partial charge in [0.05, 0.1) is 17.3 Å². The van der Waals surface area contributed by atoms with Crippen LogP contribution in [0.5, 0.6) is 0 Å². The summed E-state index contributed by atoms with van der Waals surface area (Å²) in [4.78, 5) is 7.10. The van der Waals surface area contributed by atoms with Crippen molar-refractivity contribution in [3.8, 4) is 0 Å². The third-order valence-electron chi connectivity index (χ3n) is 5.16. The molecule has 0 saturated carbocycles. The number of ether oxygens (including phenoxy) is 1. The quantitative estimate of drug-likeness (QED) is 0.819. The number of aromatic nitrogens is 3. The maximum absolute atomic E-state index is 5.58. The highest BCUT2D eigenvalue weighted by Crippen LogP contribution is 2.31. The summed E-state index contributed by atoms with van der Waals surface area (Å²) in [5.74, 6) is 0.720. The summed E-state index contributed by atoms with van der Waals surface area (Å²) in [5.41, 5.74) is 2.24. The fraction of sp³-hybridized carbons (Fsp3) is 0.667. The lowest BCUT2D eigenvalue weighted by atomic mass is 9.98. The van der Waals surface area contributed by atoms with Crippen LogP contribution in [0.1, 0.15) is 39.5 Å². The van der Waals surface area contributed by atoms with E-state index in [0.717, 1.165) is 49.6 Å². The van der Waals surface area contributed by atoms with Crippen LogP contribution in [0.2, 0.25) is 0 Å². The van der Waals surface area contributed by atoms with Crippen LogP contribution >= 0.6 is 0 Å². The molecule has 0 N–H and O–H groups in total. The first-order valence-electron chi connectivity index (χ1n) is 8.85. The molecule has 1 saturated heterocycles. The molecule has 0 atom stereocenters. The van der Waals surface area contributed by atoms with Crippen molar-refractivity contribution in [2.45, 2.75) is 45.6 Å². The lowest BCUT2D eigenvalue weighted by Gasteiger charge is -2.38. The number of aryl methyl sites for hydroxylation is 1. The van der Waals surface area contributed by atoms with Gasteiger partial charge in [-0.1, -0.05) is 26.7 Å². The van der Waals surface area contributed by atoms with Crippen LogP contribution in [0.3, 0.4) is 0 Å². The Bertz CT molecular complexity index is 629. The number of hydrogen-bond donors (Lipinski definition) is 0. The highest BCUT2D eigenvalue weighted by Gasteiger charge is 2.25. The van der Waals surface area contributed by atoms with Gasteiger partial charge in [0.2, 0.25) is 0 Å². The molecule has 5 heteroatoms. The Hall–Kier alpha value is -1.62. The van der Waals surface area contributed by atoms with Gasteiger partial charge in [0, 0.05) is 39.0 Å². The van der Waals surface area contributed by atoms with Crippen molar-refractivity contribution in [3.63, 3.8) is 0 Å². The van der Waals surface area contributed by atoms with Gasteiger partial charge in [0.1, 0.15) is 0 Å². The molecule has 0 bridgehead atoms. The van der Waals surface area contributed by atoms with Gasteiger partial charge < -0.3 is 9.64 Å². The Morgan fingerprint density at radius 2 is 2.04 bits per heavy atom. The number of nitrogens with zero attached hydrogens (tertiary/aromatic N) is 4. The summed E-state index contributed by atoms with van der Waals surface area (Å²) in [6.45, 7) is 7.42. The lowest BCUT2D eigenvalue weighted by molar-refractivity contribution is 0.0837. The van der Waals surface area contributed by atoms with Gasteiger partial charge in [-0.05, 0) is 24.8 Å². The van der Waals surface area contributed by atoms with Crippen molar-refractivity contribution in [1.82, 2.24) is 14.8 Å². The van der Waals surface area contributed by atoms with Crippen LogP contribution in [0.25, 0.3) is 11.0 Å². The van der Waals surface area contributed by atoms with Crippen LogP contribution in [0.4, 0.5) is 5.69 Å². The van der Waals surface area contributed by atoms with Crippen LogP contribution in [-0.2, 0) is 11.8 Å².